The average Bonchev–Trinajstić information content (AvgIpc) is 2.20. The van der Waals surface area contributed by atoms with E-state index in [-0.39, 0.29) is 0 Å². The lowest BCUT2D eigenvalue weighted by molar-refractivity contribution is -0.880. The number of likely N-dealkylation sites (N-methyl/N-ethyl adjacent to an activating group) is 1. The minimum absolute atomic E-state index is 1.16. The summed E-state index contributed by atoms with van der Waals surface area (Å²) in [6.07, 6.45) is 2.01. The lowest BCUT2D eigenvalue weighted by atomic mass is 10.2. The quantitative estimate of drug-likeness (QED) is 0.616. The molecule has 0 aromatic carbocycles. The van der Waals surface area contributed by atoms with Crippen LogP contribution in [0.4, 0.5) is 5.82 Å². The second-order valence-electron chi connectivity index (χ2n) is 4.15. The molecule has 0 atom stereocenters. The molecule has 2 heterocycles. The van der Waals surface area contributed by atoms with Crippen LogP contribution < -0.4 is 14.8 Å². The molecule has 1 aromatic rings. The summed E-state index contributed by atoms with van der Waals surface area (Å²) in [6, 6.07) is 4.22. The number of aryl methyl sites for hydroxylation is 1. The van der Waals surface area contributed by atoms with E-state index < -0.39 is 0 Å². The molecule has 1 aromatic heterocycles. The van der Waals surface area contributed by atoms with Gasteiger partial charge in [0.05, 0.1) is 13.2 Å². The Balaban J connectivity index is 2.12. The number of H-pyrrole nitrogens is 1. The molecule has 1 saturated heterocycles. The van der Waals surface area contributed by atoms with Crippen LogP contribution >= 0.6 is 0 Å². The van der Waals surface area contributed by atoms with Crippen molar-refractivity contribution in [3.63, 3.8) is 0 Å². The van der Waals surface area contributed by atoms with Crippen molar-refractivity contribution in [1.82, 2.24) is 0 Å². The second kappa shape index (κ2) is 3.96. The van der Waals surface area contributed by atoms with E-state index in [9.17, 15) is 0 Å². The van der Waals surface area contributed by atoms with E-state index in [1.165, 1.54) is 24.5 Å². The largest absolute Gasteiger partial charge is 0.331 e. The highest BCUT2D eigenvalue weighted by Crippen LogP contribution is 2.11. The lowest BCUT2D eigenvalue weighted by Crippen LogP contribution is -3.12. The Morgan fingerprint density at radius 1 is 1.36 bits per heavy atom. The standard InChI is InChI=1S/C11H17N3/c1-10-4-3-5-12-11(10)14-8-6-13(2)7-9-14/h3-5H,6-9H2,1-2H3/p+2. The lowest BCUT2D eigenvalue weighted by Gasteiger charge is -2.26. The van der Waals surface area contributed by atoms with Crippen molar-refractivity contribution in [3.05, 3.63) is 23.9 Å². The molecule has 3 nitrogen and oxygen atoms in total. The van der Waals surface area contributed by atoms with E-state index in [4.69, 9.17) is 0 Å². The van der Waals surface area contributed by atoms with E-state index in [1.54, 1.807) is 4.90 Å². The first-order valence-electron chi connectivity index (χ1n) is 5.31. The number of hydrogen-bond donors (Lipinski definition) is 1. The molecule has 3 heteroatoms. The second-order valence-corrected chi connectivity index (χ2v) is 4.15. The third-order valence-electron chi connectivity index (χ3n) is 2.97. The topological polar surface area (TPSA) is 21.8 Å². The Kier molecular flexibility index (Phi) is 2.68. The van der Waals surface area contributed by atoms with Gasteiger partial charge in [0, 0.05) is 5.56 Å². The molecule has 1 aliphatic heterocycles. The molecule has 0 saturated carbocycles. The zero-order chi connectivity index (χ0) is 9.97. The Labute approximate surface area is 85.4 Å². The first kappa shape index (κ1) is 9.46. The number of aromatic nitrogens is 1. The van der Waals surface area contributed by atoms with Crippen molar-refractivity contribution in [2.75, 3.05) is 38.1 Å². The highest BCUT2D eigenvalue weighted by molar-refractivity contribution is 5.40. The molecule has 0 unspecified atom stereocenters. The summed E-state index contributed by atoms with van der Waals surface area (Å²) >= 11 is 0. The fourth-order valence-electron chi connectivity index (χ4n) is 1.97. The predicted octanol–water partition coefficient (Wildman–Crippen LogP) is -0.856. The first-order chi connectivity index (χ1) is 6.77. The number of nitrogens with one attached hydrogen (secondary N) is 2. The van der Waals surface area contributed by atoms with E-state index in [2.05, 4.69) is 36.0 Å². The molecular weight excluding hydrogens is 174 g/mol. The van der Waals surface area contributed by atoms with Crippen molar-refractivity contribution in [1.29, 1.82) is 0 Å². The molecule has 0 radical (unpaired) electrons. The predicted molar refractivity (Wildman–Crippen MR) is 56.6 cm³/mol. The van der Waals surface area contributed by atoms with E-state index >= 15 is 0 Å². The van der Waals surface area contributed by atoms with Crippen LogP contribution in [0.1, 0.15) is 5.56 Å². The molecule has 76 valence electrons. The number of quaternary nitrogens is 1. The third kappa shape index (κ3) is 1.87. The van der Waals surface area contributed by atoms with Crippen molar-refractivity contribution in [2.45, 2.75) is 6.92 Å². The maximum Gasteiger partial charge on any atom is 0.277 e. The molecule has 0 bridgehead atoms. The van der Waals surface area contributed by atoms with Crippen molar-refractivity contribution in [2.24, 2.45) is 0 Å². The molecule has 2 rings (SSSR count). The Bertz CT molecular complexity index is 303. The van der Waals surface area contributed by atoms with Gasteiger partial charge in [-0.2, -0.15) is 0 Å². The van der Waals surface area contributed by atoms with Gasteiger partial charge in [0.2, 0.25) is 0 Å². The molecule has 1 aliphatic rings. The van der Waals surface area contributed by atoms with Crippen molar-refractivity contribution in [3.8, 4) is 0 Å². The van der Waals surface area contributed by atoms with E-state index in [0.717, 1.165) is 13.1 Å². The fraction of sp³-hybridized carbons (Fsp3) is 0.545. The smallest absolute Gasteiger partial charge is 0.277 e. The normalized spacial score (nSPS) is 18.6. The molecule has 2 N–H and O–H groups in total. The van der Waals surface area contributed by atoms with Gasteiger partial charge in [-0.1, -0.05) is 0 Å². The minimum atomic E-state index is 1.16. The van der Waals surface area contributed by atoms with Crippen molar-refractivity contribution < 1.29 is 9.88 Å². The Hall–Kier alpha value is -1.09. The van der Waals surface area contributed by atoms with Gasteiger partial charge in [0.15, 0.2) is 0 Å². The number of aromatic amines is 1. The van der Waals surface area contributed by atoms with Crippen LogP contribution in [0.3, 0.4) is 0 Å². The van der Waals surface area contributed by atoms with Crippen LogP contribution in [0.5, 0.6) is 0 Å². The maximum absolute atomic E-state index is 3.34. The molecule has 0 aliphatic carbocycles. The van der Waals surface area contributed by atoms with Crippen LogP contribution in [0.25, 0.3) is 0 Å². The number of rotatable bonds is 1. The molecule has 0 amide bonds. The molecule has 0 spiro atoms. The summed E-state index contributed by atoms with van der Waals surface area (Å²) in [6.45, 7) is 6.96. The monoisotopic (exact) mass is 193 g/mol. The van der Waals surface area contributed by atoms with E-state index in [0.29, 0.717) is 0 Å². The SMILES string of the molecule is Cc1ccc[nH+]c1N1CC[NH+](C)CC1. The summed E-state index contributed by atoms with van der Waals surface area (Å²) in [5.74, 6) is 1.29. The molecular formula is C11H19N3+2. The number of nitrogens with zero attached hydrogens (tertiary/aromatic N) is 1. The van der Waals surface area contributed by atoms with Gasteiger partial charge in [-0.25, -0.2) is 9.88 Å². The van der Waals surface area contributed by atoms with Crippen molar-refractivity contribution >= 4 is 5.82 Å². The number of piperazine rings is 1. The minimum Gasteiger partial charge on any atom is -0.331 e. The highest BCUT2D eigenvalue weighted by Gasteiger charge is 2.24. The summed E-state index contributed by atoms with van der Waals surface area (Å²) in [4.78, 5) is 7.42. The van der Waals surface area contributed by atoms with Gasteiger partial charge >= 0.3 is 0 Å². The van der Waals surface area contributed by atoms with Gasteiger partial charge in [0.25, 0.3) is 5.82 Å². The molecule has 1 fully saturated rings. The van der Waals surface area contributed by atoms with Crippen LogP contribution in [0.2, 0.25) is 0 Å². The third-order valence-corrected chi connectivity index (χ3v) is 2.97. The number of pyridine rings is 1. The summed E-state index contributed by atoms with van der Waals surface area (Å²) in [7, 11) is 2.26. The first-order valence-corrected chi connectivity index (χ1v) is 5.31. The van der Waals surface area contributed by atoms with Gasteiger partial charge in [0.1, 0.15) is 26.2 Å². The van der Waals surface area contributed by atoms with Gasteiger partial charge in [-0.3, -0.25) is 0 Å². The van der Waals surface area contributed by atoms with Gasteiger partial charge in [-0.05, 0) is 19.1 Å². The fourth-order valence-corrected chi connectivity index (χ4v) is 1.97. The van der Waals surface area contributed by atoms with Gasteiger partial charge in [-0.15, -0.1) is 0 Å². The van der Waals surface area contributed by atoms with Crippen LogP contribution in [0, 0.1) is 6.92 Å². The zero-order valence-electron chi connectivity index (χ0n) is 9.01. The van der Waals surface area contributed by atoms with Crippen LogP contribution in [-0.2, 0) is 0 Å². The Morgan fingerprint density at radius 3 is 2.71 bits per heavy atom. The number of anilines is 1. The maximum atomic E-state index is 3.34. The zero-order valence-corrected chi connectivity index (χ0v) is 9.01. The van der Waals surface area contributed by atoms with Crippen LogP contribution in [0.15, 0.2) is 18.3 Å². The van der Waals surface area contributed by atoms with Crippen LogP contribution in [-0.4, -0.2) is 33.2 Å². The average molecular weight is 193 g/mol. The molecule has 14 heavy (non-hydrogen) atoms. The van der Waals surface area contributed by atoms with E-state index in [1.807, 2.05) is 6.20 Å². The number of hydrogen-bond acceptors (Lipinski definition) is 1. The Morgan fingerprint density at radius 2 is 2.07 bits per heavy atom. The summed E-state index contributed by atoms with van der Waals surface area (Å²) in [5, 5.41) is 0. The highest BCUT2D eigenvalue weighted by atomic mass is 15.3. The van der Waals surface area contributed by atoms with Gasteiger partial charge < -0.3 is 4.90 Å². The summed E-state index contributed by atoms with van der Waals surface area (Å²) in [5.41, 5.74) is 1.34. The summed E-state index contributed by atoms with van der Waals surface area (Å²) < 4.78 is 0.